The van der Waals surface area contributed by atoms with Gasteiger partial charge in [0.1, 0.15) is 11.8 Å². The van der Waals surface area contributed by atoms with Crippen LogP contribution in [-0.2, 0) is 4.79 Å². The average Bonchev–Trinajstić information content (AvgIpc) is 3.12. The Bertz CT molecular complexity index is 1070. The molecule has 0 aliphatic rings. The summed E-state index contributed by atoms with van der Waals surface area (Å²) in [6.45, 7) is 3.65. The number of hydrogen-bond donors (Lipinski definition) is 2. The van der Waals surface area contributed by atoms with Crippen LogP contribution in [0.4, 0.5) is 13.9 Å². The number of carbonyl (C=O) groups is 2. The lowest BCUT2D eigenvalue weighted by Crippen LogP contribution is -2.47. The van der Waals surface area contributed by atoms with Gasteiger partial charge in [-0.2, -0.15) is 8.78 Å². The number of halogens is 2. The van der Waals surface area contributed by atoms with E-state index in [0.717, 1.165) is 0 Å². The van der Waals surface area contributed by atoms with Gasteiger partial charge in [0.2, 0.25) is 5.91 Å². The van der Waals surface area contributed by atoms with E-state index in [4.69, 9.17) is 4.74 Å². The molecule has 6 nitrogen and oxygen atoms in total. The van der Waals surface area contributed by atoms with Gasteiger partial charge in [-0.15, -0.1) is 0 Å². The van der Waals surface area contributed by atoms with E-state index in [1.54, 1.807) is 42.5 Å². The zero-order chi connectivity index (χ0) is 22.5. The minimum atomic E-state index is -2.51. The number of ether oxygens (including phenoxy) is 1. The summed E-state index contributed by atoms with van der Waals surface area (Å²) in [6, 6.07) is 10.6. The van der Waals surface area contributed by atoms with E-state index in [-0.39, 0.29) is 11.8 Å². The third-order valence-electron chi connectivity index (χ3n) is 4.40. The van der Waals surface area contributed by atoms with Crippen molar-refractivity contribution in [1.82, 2.24) is 10.3 Å². The van der Waals surface area contributed by atoms with Gasteiger partial charge < -0.3 is 15.4 Å². The zero-order valence-corrected chi connectivity index (χ0v) is 18.7. The molecule has 0 spiro atoms. The molecule has 0 aliphatic carbocycles. The van der Waals surface area contributed by atoms with Gasteiger partial charge in [-0.3, -0.25) is 9.59 Å². The number of benzene rings is 2. The van der Waals surface area contributed by atoms with E-state index in [0.29, 0.717) is 43.3 Å². The topological polar surface area (TPSA) is 80.3 Å². The van der Waals surface area contributed by atoms with Gasteiger partial charge in [-0.25, -0.2) is 4.98 Å². The molecule has 0 unspecified atom stereocenters. The number of amides is 2. The maximum atomic E-state index is 12.8. The zero-order valence-electron chi connectivity index (χ0n) is 17.0. The van der Waals surface area contributed by atoms with Crippen LogP contribution in [0.2, 0.25) is 0 Å². The maximum absolute atomic E-state index is 12.8. The Hall–Kier alpha value is -2.72. The highest BCUT2D eigenvalue weighted by atomic mass is 32.2. The quantitative estimate of drug-likeness (QED) is 0.457. The third kappa shape index (κ3) is 5.92. The predicted molar refractivity (Wildman–Crippen MR) is 119 cm³/mol. The van der Waals surface area contributed by atoms with Crippen molar-refractivity contribution in [1.29, 1.82) is 0 Å². The summed E-state index contributed by atoms with van der Waals surface area (Å²) in [7, 11) is 1.54. The summed E-state index contributed by atoms with van der Waals surface area (Å²) in [5.74, 6) is -2.84. The summed E-state index contributed by atoms with van der Waals surface area (Å²) in [5.41, 5.74) is 1.01. The Labute approximate surface area is 186 Å². The van der Waals surface area contributed by atoms with Gasteiger partial charge in [-0.1, -0.05) is 36.9 Å². The van der Waals surface area contributed by atoms with Gasteiger partial charge in [0, 0.05) is 10.5 Å². The molecule has 2 aromatic carbocycles. The fourth-order valence-corrected chi connectivity index (χ4v) is 4.34. The smallest absolute Gasteiger partial charge is 0.288 e. The second-order valence-corrected chi connectivity index (χ2v) is 9.03. The summed E-state index contributed by atoms with van der Waals surface area (Å²) < 4.78 is 30.9. The largest absolute Gasteiger partial charge is 0.497 e. The molecule has 31 heavy (non-hydrogen) atoms. The van der Waals surface area contributed by atoms with E-state index in [2.05, 4.69) is 15.6 Å². The molecule has 0 saturated heterocycles. The SMILES string of the molecule is COc1ccc(C(=O)N[C@@H](C(=O)Nc2nc3ccc(SC(F)F)cc3s2)C(C)C)cc1. The van der Waals surface area contributed by atoms with Crippen molar-refractivity contribution in [3.8, 4) is 5.75 Å². The normalized spacial score (nSPS) is 12.2. The molecule has 1 heterocycles. The van der Waals surface area contributed by atoms with Gasteiger partial charge in [0.05, 0.1) is 17.3 Å². The number of thiazole rings is 1. The lowest BCUT2D eigenvalue weighted by Gasteiger charge is -2.21. The van der Waals surface area contributed by atoms with Crippen LogP contribution in [0.25, 0.3) is 10.2 Å². The first-order valence-electron chi connectivity index (χ1n) is 9.38. The van der Waals surface area contributed by atoms with Crippen molar-refractivity contribution in [3.63, 3.8) is 0 Å². The molecule has 2 N–H and O–H groups in total. The Morgan fingerprint density at radius 2 is 1.84 bits per heavy atom. The van der Waals surface area contributed by atoms with Crippen LogP contribution in [0.15, 0.2) is 47.4 Å². The van der Waals surface area contributed by atoms with Crippen LogP contribution >= 0.6 is 23.1 Å². The molecule has 3 rings (SSSR count). The van der Waals surface area contributed by atoms with Crippen molar-refractivity contribution < 1.29 is 23.1 Å². The van der Waals surface area contributed by atoms with Crippen LogP contribution in [-0.4, -0.2) is 35.7 Å². The summed E-state index contributed by atoms with van der Waals surface area (Å²) in [5, 5.41) is 5.82. The number of alkyl halides is 2. The van der Waals surface area contributed by atoms with E-state index >= 15 is 0 Å². The van der Waals surface area contributed by atoms with Crippen molar-refractivity contribution >= 4 is 50.3 Å². The molecule has 2 amide bonds. The van der Waals surface area contributed by atoms with E-state index in [1.165, 1.54) is 18.4 Å². The highest BCUT2D eigenvalue weighted by molar-refractivity contribution is 7.99. The van der Waals surface area contributed by atoms with Crippen molar-refractivity contribution in [2.45, 2.75) is 30.5 Å². The van der Waals surface area contributed by atoms with Gasteiger partial charge in [-0.05, 0) is 48.4 Å². The lowest BCUT2D eigenvalue weighted by molar-refractivity contribution is -0.118. The molecular weight excluding hydrogens is 444 g/mol. The number of nitrogens with one attached hydrogen (secondary N) is 2. The molecular formula is C21H21F2N3O3S2. The van der Waals surface area contributed by atoms with Crippen LogP contribution in [0.5, 0.6) is 5.75 Å². The molecule has 164 valence electrons. The summed E-state index contributed by atoms with van der Waals surface area (Å²) in [6.07, 6.45) is 0. The molecule has 0 saturated carbocycles. The second kappa shape index (κ2) is 10.1. The first kappa shape index (κ1) is 23.0. The monoisotopic (exact) mass is 465 g/mol. The minimum absolute atomic E-state index is 0.175. The van der Waals surface area contributed by atoms with Crippen molar-refractivity contribution in [2.24, 2.45) is 5.92 Å². The Morgan fingerprint density at radius 3 is 2.45 bits per heavy atom. The molecule has 0 fully saturated rings. The second-order valence-electron chi connectivity index (χ2n) is 6.94. The van der Waals surface area contributed by atoms with Crippen LogP contribution in [0.3, 0.4) is 0 Å². The number of thioether (sulfide) groups is 1. The molecule has 0 bridgehead atoms. The van der Waals surface area contributed by atoms with Gasteiger partial charge in [0.15, 0.2) is 5.13 Å². The van der Waals surface area contributed by atoms with E-state index < -0.39 is 17.7 Å². The highest BCUT2D eigenvalue weighted by Gasteiger charge is 2.25. The van der Waals surface area contributed by atoms with Crippen LogP contribution in [0, 0.1) is 5.92 Å². The average molecular weight is 466 g/mol. The van der Waals surface area contributed by atoms with Crippen molar-refractivity contribution in [2.75, 3.05) is 12.4 Å². The Morgan fingerprint density at radius 1 is 1.13 bits per heavy atom. The number of hydrogen-bond acceptors (Lipinski definition) is 6. The highest BCUT2D eigenvalue weighted by Crippen LogP contribution is 2.32. The van der Waals surface area contributed by atoms with Gasteiger partial charge >= 0.3 is 0 Å². The van der Waals surface area contributed by atoms with E-state index in [9.17, 15) is 18.4 Å². The molecule has 1 aromatic heterocycles. The number of anilines is 1. The Balaban J connectivity index is 1.71. The number of aromatic nitrogens is 1. The fraction of sp³-hybridized carbons (Fsp3) is 0.286. The molecule has 1 atom stereocenters. The molecule has 3 aromatic rings. The summed E-state index contributed by atoms with van der Waals surface area (Å²) >= 11 is 1.64. The number of rotatable bonds is 8. The predicted octanol–water partition coefficient (Wildman–Crippen LogP) is 5.01. The minimum Gasteiger partial charge on any atom is -0.497 e. The first-order chi connectivity index (χ1) is 14.8. The number of nitrogens with zero attached hydrogens (tertiary/aromatic N) is 1. The molecule has 0 aliphatic heterocycles. The maximum Gasteiger partial charge on any atom is 0.288 e. The van der Waals surface area contributed by atoms with E-state index in [1.807, 2.05) is 13.8 Å². The number of methoxy groups -OCH3 is 1. The molecule has 0 radical (unpaired) electrons. The third-order valence-corrected chi connectivity index (χ3v) is 6.04. The van der Waals surface area contributed by atoms with Crippen molar-refractivity contribution in [3.05, 3.63) is 48.0 Å². The fourth-order valence-electron chi connectivity index (χ4n) is 2.82. The standard InChI is InChI=1S/C21H21F2N3O3S2/c1-11(2)17(25-18(27)12-4-6-13(29-3)7-5-12)19(28)26-21-24-15-9-8-14(30-20(22)23)10-16(15)31-21/h4-11,17,20H,1-3H3,(H,25,27)(H,24,26,28)/t17-/m1/s1. The lowest BCUT2D eigenvalue weighted by atomic mass is 10.0. The summed E-state index contributed by atoms with van der Waals surface area (Å²) in [4.78, 5) is 30.2. The Kier molecular flexibility index (Phi) is 7.45. The molecule has 10 heteroatoms. The number of carbonyl (C=O) groups excluding carboxylic acids is 2. The number of fused-ring (bicyclic) bond motifs is 1. The first-order valence-corrected chi connectivity index (χ1v) is 11.1. The van der Waals surface area contributed by atoms with Crippen LogP contribution in [0.1, 0.15) is 24.2 Å². The van der Waals surface area contributed by atoms with Crippen LogP contribution < -0.4 is 15.4 Å². The van der Waals surface area contributed by atoms with Gasteiger partial charge in [0.25, 0.3) is 11.7 Å².